The summed E-state index contributed by atoms with van der Waals surface area (Å²) in [6, 6.07) is 22.4. The molecule has 0 N–H and O–H groups in total. The van der Waals surface area contributed by atoms with E-state index in [9.17, 15) is 9.59 Å². The molecule has 4 rings (SSSR count). The predicted molar refractivity (Wildman–Crippen MR) is 94.5 cm³/mol. The molecule has 0 aliphatic heterocycles. The molecule has 0 unspecified atom stereocenters. The van der Waals surface area contributed by atoms with Crippen molar-refractivity contribution in [1.82, 2.24) is 0 Å². The van der Waals surface area contributed by atoms with E-state index in [0.29, 0.717) is 16.7 Å². The molecule has 0 saturated carbocycles. The minimum Gasteiger partial charge on any atom is -0.422 e. The van der Waals surface area contributed by atoms with Crippen molar-refractivity contribution in [3.8, 4) is 0 Å². The van der Waals surface area contributed by atoms with Gasteiger partial charge in [0.25, 0.3) is 0 Å². The second-order valence-electron chi connectivity index (χ2n) is 5.76. The molecule has 0 radical (unpaired) electrons. The minimum atomic E-state index is -0.456. The largest absolute Gasteiger partial charge is 0.422 e. The van der Waals surface area contributed by atoms with Crippen LogP contribution >= 0.6 is 0 Å². The Hall–Kier alpha value is -3.20. The third kappa shape index (κ3) is 2.61. The molecular weight excluding hydrogens is 300 g/mol. The first kappa shape index (κ1) is 14.4. The lowest BCUT2D eigenvalue weighted by atomic mass is 10.0. The summed E-state index contributed by atoms with van der Waals surface area (Å²) in [4.78, 5) is 24.6. The molecule has 0 amide bonds. The van der Waals surface area contributed by atoms with Crippen molar-refractivity contribution in [2.75, 3.05) is 0 Å². The van der Waals surface area contributed by atoms with E-state index >= 15 is 0 Å². The number of hydrogen-bond donors (Lipinski definition) is 0. The van der Waals surface area contributed by atoms with Gasteiger partial charge < -0.3 is 4.42 Å². The standard InChI is InChI=1S/C21H14O3/c22-19(14-6-2-1-3-7-14)12-18-11-17-10-15-8-4-5-9-16(15)13-20(17)24-21(18)23/h1-11,13H,12H2. The van der Waals surface area contributed by atoms with Crippen molar-refractivity contribution in [1.29, 1.82) is 0 Å². The zero-order chi connectivity index (χ0) is 16.5. The van der Waals surface area contributed by atoms with E-state index in [2.05, 4.69) is 0 Å². The van der Waals surface area contributed by atoms with Crippen molar-refractivity contribution in [3.05, 3.63) is 94.3 Å². The van der Waals surface area contributed by atoms with Crippen LogP contribution in [0.15, 0.2) is 82.0 Å². The molecule has 3 heteroatoms. The summed E-state index contributed by atoms with van der Waals surface area (Å²) < 4.78 is 5.43. The van der Waals surface area contributed by atoms with Crippen LogP contribution < -0.4 is 5.63 Å². The molecular formula is C21H14O3. The number of hydrogen-bond acceptors (Lipinski definition) is 3. The van der Waals surface area contributed by atoms with Crippen LogP contribution in [-0.4, -0.2) is 5.78 Å². The SMILES string of the molecule is O=C(Cc1cc2cc3ccccc3cc2oc1=O)c1ccccc1. The van der Waals surface area contributed by atoms with Gasteiger partial charge >= 0.3 is 5.63 Å². The molecule has 0 saturated heterocycles. The van der Waals surface area contributed by atoms with Gasteiger partial charge in [-0.25, -0.2) is 4.79 Å². The summed E-state index contributed by atoms with van der Waals surface area (Å²) in [6.07, 6.45) is 0.0368. The number of carbonyl (C=O) groups excluding carboxylic acids is 1. The van der Waals surface area contributed by atoms with Gasteiger partial charge in [-0.2, -0.15) is 0 Å². The fourth-order valence-electron chi connectivity index (χ4n) is 2.87. The summed E-state index contributed by atoms with van der Waals surface area (Å²) >= 11 is 0. The third-order valence-electron chi connectivity index (χ3n) is 4.12. The van der Waals surface area contributed by atoms with Gasteiger partial charge in [0.05, 0.1) is 0 Å². The Kier molecular flexibility index (Phi) is 3.47. The monoisotopic (exact) mass is 314 g/mol. The fourth-order valence-corrected chi connectivity index (χ4v) is 2.87. The summed E-state index contributed by atoms with van der Waals surface area (Å²) in [5.74, 6) is -0.0944. The van der Waals surface area contributed by atoms with Gasteiger partial charge in [-0.15, -0.1) is 0 Å². The van der Waals surface area contributed by atoms with Gasteiger partial charge in [-0.05, 0) is 29.0 Å². The van der Waals surface area contributed by atoms with Crippen LogP contribution in [0.5, 0.6) is 0 Å². The fraction of sp³-hybridized carbons (Fsp3) is 0.0476. The molecule has 1 aromatic heterocycles. The second-order valence-corrected chi connectivity index (χ2v) is 5.76. The maximum absolute atomic E-state index is 12.3. The molecule has 0 aliphatic rings. The Balaban J connectivity index is 1.78. The smallest absolute Gasteiger partial charge is 0.339 e. The summed E-state index contributed by atoms with van der Waals surface area (Å²) in [6.45, 7) is 0. The highest BCUT2D eigenvalue weighted by Crippen LogP contribution is 2.22. The maximum atomic E-state index is 12.3. The van der Waals surface area contributed by atoms with E-state index in [1.165, 1.54) is 0 Å². The van der Waals surface area contributed by atoms with E-state index in [0.717, 1.165) is 16.2 Å². The van der Waals surface area contributed by atoms with Crippen LogP contribution in [0, 0.1) is 0 Å². The zero-order valence-corrected chi connectivity index (χ0v) is 12.9. The first-order chi connectivity index (χ1) is 11.7. The maximum Gasteiger partial charge on any atom is 0.339 e. The predicted octanol–water partition coefficient (Wildman–Crippen LogP) is 4.37. The molecule has 3 nitrogen and oxygen atoms in total. The Labute approximate surface area is 138 Å². The molecule has 0 fully saturated rings. The Bertz CT molecular complexity index is 1110. The van der Waals surface area contributed by atoms with E-state index in [1.807, 2.05) is 54.6 Å². The molecule has 1 heterocycles. The Morgan fingerprint density at radius 3 is 2.21 bits per heavy atom. The Morgan fingerprint density at radius 1 is 0.792 bits per heavy atom. The van der Waals surface area contributed by atoms with Gasteiger partial charge in [0, 0.05) is 22.9 Å². The van der Waals surface area contributed by atoms with Crippen LogP contribution in [0.4, 0.5) is 0 Å². The summed E-state index contributed by atoms with van der Waals surface area (Å²) in [5, 5.41) is 2.91. The average Bonchev–Trinajstić information content (AvgIpc) is 2.61. The van der Waals surface area contributed by atoms with E-state index < -0.39 is 5.63 Å². The highest BCUT2D eigenvalue weighted by atomic mass is 16.4. The first-order valence-corrected chi connectivity index (χ1v) is 7.74. The Morgan fingerprint density at radius 2 is 1.46 bits per heavy atom. The van der Waals surface area contributed by atoms with Crippen molar-refractivity contribution in [3.63, 3.8) is 0 Å². The normalized spacial score (nSPS) is 11.0. The van der Waals surface area contributed by atoms with Crippen LogP contribution in [0.1, 0.15) is 15.9 Å². The van der Waals surface area contributed by atoms with Crippen molar-refractivity contribution < 1.29 is 9.21 Å². The lowest BCUT2D eigenvalue weighted by molar-refractivity contribution is 0.0992. The minimum absolute atomic E-state index is 0.0368. The average molecular weight is 314 g/mol. The molecule has 0 atom stereocenters. The van der Waals surface area contributed by atoms with Crippen LogP contribution in [-0.2, 0) is 6.42 Å². The van der Waals surface area contributed by atoms with Gasteiger partial charge in [-0.3, -0.25) is 4.79 Å². The number of benzene rings is 3. The van der Waals surface area contributed by atoms with Crippen molar-refractivity contribution >= 4 is 27.5 Å². The quantitative estimate of drug-likeness (QED) is 0.320. The second kappa shape index (κ2) is 5.78. The topological polar surface area (TPSA) is 47.3 Å². The molecule has 4 aromatic rings. The first-order valence-electron chi connectivity index (χ1n) is 7.74. The molecule has 3 aromatic carbocycles. The lowest BCUT2D eigenvalue weighted by Gasteiger charge is -2.04. The van der Waals surface area contributed by atoms with Gasteiger partial charge in [0.15, 0.2) is 5.78 Å². The van der Waals surface area contributed by atoms with Gasteiger partial charge in [0.2, 0.25) is 0 Å². The van der Waals surface area contributed by atoms with Crippen LogP contribution in [0.25, 0.3) is 21.7 Å². The van der Waals surface area contributed by atoms with Crippen LogP contribution in [0.2, 0.25) is 0 Å². The summed E-state index contributed by atoms with van der Waals surface area (Å²) in [5.41, 5.74) is 1.05. The number of rotatable bonds is 3. The molecule has 0 aliphatic carbocycles. The highest BCUT2D eigenvalue weighted by molar-refractivity contribution is 5.99. The molecule has 24 heavy (non-hydrogen) atoms. The van der Waals surface area contributed by atoms with Crippen LogP contribution in [0.3, 0.4) is 0 Å². The van der Waals surface area contributed by atoms with Crippen molar-refractivity contribution in [2.24, 2.45) is 0 Å². The number of carbonyl (C=O) groups is 1. The highest BCUT2D eigenvalue weighted by Gasteiger charge is 2.12. The van der Waals surface area contributed by atoms with Crippen molar-refractivity contribution in [2.45, 2.75) is 6.42 Å². The number of ketones is 1. The van der Waals surface area contributed by atoms with Gasteiger partial charge in [0.1, 0.15) is 5.58 Å². The molecule has 116 valence electrons. The molecule has 0 spiro atoms. The third-order valence-corrected chi connectivity index (χ3v) is 4.12. The van der Waals surface area contributed by atoms with Gasteiger partial charge in [-0.1, -0.05) is 54.6 Å². The van der Waals surface area contributed by atoms with E-state index in [-0.39, 0.29) is 12.2 Å². The van der Waals surface area contributed by atoms with E-state index in [1.54, 1.807) is 18.2 Å². The summed E-state index contributed by atoms with van der Waals surface area (Å²) in [7, 11) is 0. The number of fused-ring (bicyclic) bond motifs is 2. The number of Topliss-reactive ketones (excluding diaryl/α,β-unsaturated/α-hetero) is 1. The van der Waals surface area contributed by atoms with E-state index in [4.69, 9.17) is 4.42 Å². The molecule has 0 bridgehead atoms. The zero-order valence-electron chi connectivity index (χ0n) is 12.9. The lowest BCUT2D eigenvalue weighted by Crippen LogP contribution is -2.13.